The van der Waals surface area contributed by atoms with E-state index in [-0.39, 0.29) is 5.56 Å². The first-order valence-corrected chi connectivity index (χ1v) is 6.43. The quantitative estimate of drug-likeness (QED) is 0.800. The van der Waals surface area contributed by atoms with E-state index in [4.69, 9.17) is 5.11 Å². The van der Waals surface area contributed by atoms with E-state index in [0.29, 0.717) is 0 Å². The molecule has 0 amide bonds. The van der Waals surface area contributed by atoms with Gasteiger partial charge in [0.25, 0.3) is 0 Å². The fraction of sp³-hybridized carbons (Fsp3) is 0.0625. The number of nitrogens with zero attached hydrogens (tertiary/aromatic N) is 3. The van der Waals surface area contributed by atoms with Gasteiger partial charge in [0.2, 0.25) is 0 Å². The predicted molar refractivity (Wildman–Crippen MR) is 78.8 cm³/mol. The molecule has 1 aromatic carbocycles. The number of hydrogen-bond donors (Lipinski definition) is 1. The summed E-state index contributed by atoms with van der Waals surface area (Å²) in [6.07, 6.45) is 3.63. The van der Waals surface area contributed by atoms with Crippen molar-refractivity contribution in [2.45, 2.75) is 0 Å². The maximum Gasteiger partial charge on any atom is 0.335 e. The van der Waals surface area contributed by atoms with Gasteiger partial charge in [-0.05, 0) is 24.3 Å². The van der Waals surface area contributed by atoms with E-state index < -0.39 is 5.97 Å². The largest absolute Gasteiger partial charge is 0.478 e. The van der Waals surface area contributed by atoms with E-state index in [2.05, 4.69) is 9.97 Å². The average molecular weight is 279 g/mol. The van der Waals surface area contributed by atoms with Crippen molar-refractivity contribution < 1.29 is 9.90 Å². The Morgan fingerprint density at radius 3 is 2.48 bits per heavy atom. The van der Waals surface area contributed by atoms with Gasteiger partial charge in [0.05, 0.1) is 11.3 Å². The third-order valence-electron chi connectivity index (χ3n) is 3.20. The summed E-state index contributed by atoms with van der Waals surface area (Å²) in [6, 6.07) is 12.3. The van der Waals surface area contributed by atoms with Gasteiger partial charge in [-0.2, -0.15) is 0 Å². The van der Waals surface area contributed by atoms with Crippen molar-refractivity contribution in [3.63, 3.8) is 0 Å². The highest BCUT2D eigenvalue weighted by atomic mass is 16.4. The molecule has 2 heterocycles. The molecule has 3 aromatic rings. The molecule has 0 atom stereocenters. The van der Waals surface area contributed by atoms with Gasteiger partial charge >= 0.3 is 5.97 Å². The molecule has 0 spiro atoms. The fourth-order valence-electron chi connectivity index (χ4n) is 2.12. The fourth-order valence-corrected chi connectivity index (χ4v) is 2.12. The second-order valence-electron chi connectivity index (χ2n) is 4.66. The Morgan fingerprint density at radius 1 is 1.10 bits per heavy atom. The Morgan fingerprint density at radius 2 is 1.86 bits per heavy atom. The Hall–Kier alpha value is -2.95. The highest BCUT2D eigenvalue weighted by Gasteiger charge is 2.10. The van der Waals surface area contributed by atoms with E-state index in [1.165, 1.54) is 0 Å². The molecule has 0 unspecified atom stereocenters. The van der Waals surface area contributed by atoms with Crippen LogP contribution in [0, 0.1) is 0 Å². The van der Waals surface area contributed by atoms with Crippen LogP contribution >= 0.6 is 0 Å². The first kappa shape index (κ1) is 13.1. The lowest BCUT2D eigenvalue weighted by molar-refractivity contribution is 0.0697. The van der Waals surface area contributed by atoms with Gasteiger partial charge in [0.1, 0.15) is 5.69 Å². The van der Waals surface area contributed by atoms with Crippen LogP contribution in [-0.2, 0) is 7.05 Å². The van der Waals surface area contributed by atoms with Crippen LogP contribution in [-0.4, -0.2) is 25.6 Å². The maximum atomic E-state index is 10.9. The summed E-state index contributed by atoms with van der Waals surface area (Å²) in [7, 11) is 1.91. The normalized spacial score (nSPS) is 10.5. The van der Waals surface area contributed by atoms with Crippen LogP contribution in [0.3, 0.4) is 0 Å². The molecule has 2 aromatic heterocycles. The second-order valence-corrected chi connectivity index (χ2v) is 4.66. The average Bonchev–Trinajstić information content (AvgIpc) is 2.90. The molecule has 5 nitrogen and oxygen atoms in total. The van der Waals surface area contributed by atoms with E-state index >= 15 is 0 Å². The number of hydrogen-bond acceptors (Lipinski definition) is 3. The number of aromatic carboxylic acids is 1. The lowest BCUT2D eigenvalue weighted by atomic mass is 10.1. The van der Waals surface area contributed by atoms with Crippen molar-refractivity contribution >= 4 is 5.97 Å². The molecule has 0 aliphatic rings. The molecule has 0 aliphatic heterocycles. The van der Waals surface area contributed by atoms with E-state index in [1.54, 1.807) is 30.5 Å². The lowest BCUT2D eigenvalue weighted by Crippen LogP contribution is -1.94. The minimum atomic E-state index is -0.934. The van der Waals surface area contributed by atoms with Gasteiger partial charge in [-0.15, -0.1) is 0 Å². The summed E-state index contributed by atoms with van der Waals surface area (Å²) in [5.74, 6) is -0.162. The highest BCUT2D eigenvalue weighted by molar-refractivity contribution is 5.88. The highest BCUT2D eigenvalue weighted by Crippen LogP contribution is 2.23. The van der Waals surface area contributed by atoms with Crippen LogP contribution in [0.15, 0.2) is 54.9 Å². The molecular formula is C16H13N3O2. The van der Waals surface area contributed by atoms with Gasteiger partial charge in [0.15, 0.2) is 5.82 Å². The van der Waals surface area contributed by atoms with Crippen molar-refractivity contribution in [2.24, 2.45) is 7.05 Å². The van der Waals surface area contributed by atoms with Crippen LogP contribution in [0.1, 0.15) is 10.4 Å². The maximum absolute atomic E-state index is 10.9. The van der Waals surface area contributed by atoms with E-state index in [1.807, 2.05) is 36.0 Å². The van der Waals surface area contributed by atoms with Crippen molar-refractivity contribution in [2.75, 3.05) is 0 Å². The van der Waals surface area contributed by atoms with Crippen molar-refractivity contribution in [1.82, 2.24) is 14.5 Å². The molecule has 3 rings (SSSR count). The zero-order valence-electron chi connectivity index (χ0n) is 11.4. The Bertz CT molecular complexity index is 777. The van der Waals surface area contributed by atoms with Gasteiger partial charge in [-0.3, -0.25) is 4.98 Å². The number of imidazole rings is 1. The SMILES string of the molecule is Cn1cc(-c2ccc(C(=O)O)cc2)nc1-c1ccccn1. The topological polar surface area (TPSA) is 68.0 Å². The summed E-state index contributed by atoms with van der Waals surface area (Å²) < 4.78 is 1.91. The molecule has 0 radical (unpaired) electrons. The Balaban J connectivity index is 1.99. The number of aromatic nitrogens is 3. The molecule has 21 heavy (non-hydrogen) atoms. The number of benzene rings is 1. The number of carboxylic acids is 1. The first-order valence-electron chi connectivity index (χ1n) is 6.43. The summed E-state index contributed by atoms with van der Waals surface area (Å²) in [5, 5.41) is 8.92. The summed E-state index contributed by atoms with van der Waals surface area (Å²) in [4.78, 5) is 19.7. The van der Waals surface area contributed by atoms with Gasteiger partial charge in [0, 0.05) is 25.0 Å². The number of pyridine rings is 1. The van der Waals surface area contributed by atoms with Crippen molar-refractivity contribution in [3.05, 3.63) is 60.4 Å². The van der Waals surface area contributed by atoms with Crippen molar-refractivity contribution in [1.29, 1.82) is 0 Å². The summed E-state index contributed by atoms with van der Waals surface area (Å²) >= 11 is 0. The lowest BCUT2D eigenvalue weighted by Gasteiger charge is -1.98. The zero-order chi connectivity index (χ0) is 14.8. The standard InChI is InChI=1S/C16H13N3O2/c1-19-10-14(11-5-7-12(8-6-11)16(20)21)18-15(19)13-4-2-3-9-17-13/h2-10H,1H3,(H,20,21). The first-order chi connectivity index (χ1) is 10.1. The van der Waals surface area contributed by atoms with Gasteiger partial charge < -0.3 is 9.67 Å². The monoisotopic (exact) mass is 279 g/mol. The van der Waals surface area contributed by atoms with Crippen LogP contribution < -0.4 is 0 Å². The minimum Gasteiger partial charge on any atom is -0.478 e. The van der Waals surface area contributed by atoms with Crippen molar-refractivity contribution in [3.8, 4) is 22.8 Å². The Labute approximate surface area is 121 Å². The van der Waals surface area contributed by atoms with Crippen LogP contribution in [0.25, 0.3) is 22.8 Å². The number of carboxylic acid groups (broad SMARTS) is 1. The molecule has 0 saturated carbocycles. The molecule has 0 saturated heterocycles. The smallest absolute Gasteiger partial charge is 0.335 e. The summed E-state index contributed by atoms with van der Waals surface area (Å²) in [5.41, 5.74) is 2.72. The third kappa shape index (κ3) is 2.53. The number of carbonyl (C=O) groups is 1. The van der Waals surface area contributed by atoms with E-state index in [9.17, 15) is 4.79 Å². The molecule has 5 heteroatoms. The van der Waals surface area contributed by atoms with Crippen LogP contribution in [0.4, 0.5) is 0 Å². The molecular weight excluding hydrogens is 266 g/mol. The van der Waals surface area contributed by atoms with Gasteiger partial charge in [-0.1, -0.05) is 18.2 Å². The molecule has 0 aliphatic carbocycles. The predicted octanol–water partition coefficient (Wildman–Crippen LogP) is 2.85. The minimum absolute atomic E-state index is 0.264. The molecule has 0 fully saturated rings. The third-order valence-corrected chi connectivity index (χ3v) is 3.20. The zero-order valence-corrected chi connectivity index (χ0v) is 11.4. The Kier molecular flexibility index (Phi) is 3.23. The summed E-state index contributed by atoms with van der Waals surface area (Å²) in [6.45, 7) is 0. The number of aryl methyl sites for hydroxylation is 1. The second kappa shape index (κ2) is 5.20. The number of rotatable bonds is 3. The van der Waals surface area contributed by atoms with Crippen LogP contribution in [0.5, 0.6) is 0 Å². The molecule has 1 N–H and O–H groups in total. The molecule has 0 bridgehead atoms. The van der Waals surface area contributed by atoms with E-state index in [0.717, 1.165) is 22.8 Å². The molecule has 104 valence electrons. The van der Waals surface area contributed by atoms with Crippen LogP contribution in [0.2, 0.25) is 0 Å². The van der Waals surface area contributed by atoms with Gasteiger partial charge in [-0.25, -0.2) is 9.78 Å².